The summed E-state index contributed by atoms with van der Waals surface area (Å²) in [4.78, 5) is 35.2. The Hall–Kier alpha value is -3.61. The maximum atomic E-state index is 13.3. The molecule has 0 spiro atoms. The van der Waals surface area contributed by atoms with Crippen molar-refractivity contribution in [3.8, 4) is 6.07 Å². The number of fused-ring (bicyclic) bond motifs is 1. The van der Waals surface area contributed by atoms with E-state index in [2.05, 4.69) is 11.1 Å². The topological polar surface area (TPSA) is 82.2 Å². The second-order valence-corrected chi connectivity index (χ2v) is 11.6. The van der Waals surface area contributed by atoms with Crippen LogP contribution in [0.2, 0.25) is 0 Å². The van der Waals surface area contributed by atoms with Crippen LogP contribution in [0.5, 0.6) is 0 Å². The van der Waals surface area contributed by atoms with Crippen LogP contribution >= 0.6 is 23.1 Å². The molecule has 1 aliphatic heterocycles. The molecule has 3 heterocycles. The molecule has 0 aliphatic carbocycles. The Morgan fingerprint density at radius 3 is 2.63 bits per heavy atom. The molecule has 1 fully saturated rings. The van der Waals surface area contributed by atoms with Crippen LogP contribution in [0.4, 0.5) is 5.69 Å². The highest BCUT2D eigenvalue weighted by atomic mass is 32.2. The summed E-state index contributed by atoms with van der Waals surface area (Å²) in [5.41, 5.74) is 3.41. The standard InChI is InChI=1S/C29H29N5O2S2/c1-2-3-28(35)34(19-25-17-31-20-33(25)18-22-6-4-21(16-30)5-7-22)24-8-9-26-23(14-24)15-27(38-26)29(36)32-10-12-37-13-11-32/h4-9,14-15,17,20H,2-3,10-13,18-19H2,1H3. The first-order chi connectivity index (χ1) is 18.6. The number of nitriles is 1. The summed E-state index contributed by atoms with van der Waals surface area (Å²) in [6.07, 6.45) is 4.77. The van der Waals surface area contributed by atoms with Crippen molar-refractivity contribution in [2.75, 3.05) is 29.5 Å². The lowest BCUT2D eigenvalue weighted by atomic mass is 10.1. The second kappa shape index (κ2) is 11.8. The number of carbonyl (C=O) groups is 2. The van der Waals surface area contributed by atoms with Crippen molar-refractivity contribution in [1.29, 1.82) is 5.26 Å². The summed E-state index contributed by atoms with van der Waals surface area (Å²) in [7, 11) is 0. The molecular formula is C29H29N5O2S2. The highest BCUT2D eigenvalue weighted by Gasteiger charge is 2.22. The van der Waals surface area contributed by atoms with E-state index in [0.717, 1.165) is 62.9 Å². The van der Waals surface area contributed by atoms with Crippen LogP contribution in [0.25, 0.3) is 10.1 Å². The number of anilines is 1. The highest BCUT2D eigenvalue weighted by molar-refractivity contribution is 7.99. The van der Waals surface area contributed by atoms with Gasteiger partial charge in [-0.25, -0.2) is 4.98 Å². The van der Waals surface area contributed by atoms with Gasteiger partial charge in [0.15, 0.2) is 0 Å². The lowest BCUT2D eigenvalue weighted by Gasteiger charge is -2.25. The number of aromatic nitrogens is 2. The third-order valence-electron chi connectivity index (χ3n) is 6.64. The lowest BCUT2D eigenvalue weighted by molar-refractivity contribution is -0.118. The summed E-state index contributed by atoms with van der Waals surface area (Å²) in [6.45, 7) is 4.57. The Labute approximate surface area is 230 Å². The van der Waals surface area contributed by atoms with Crippen molar-refractivity contribution in [2.45, 2.75) is 32.9 Å². The average Bonchev–Trinajstić information content (AvgIpc) is 3.58. The van der Waals surface area contributed by atoms with E-state index in [0.29, 0.717) is 25.1 Å². The zero-order valence-electron chi connectivity index (χ0n) is 21.3. The minimum Gasteiger partial charge on any atom is -0.336 e. The van der Waals surface area contributed by atoms with Crippen LogP contribution in [-0.2, 0) is 17.9 Å². The Kier molecular flexibility index (Phi) is 8.11. The molecule has 2 aromatic heterocycles. The summed E-state index contributed by atoms with van der Waals surface area (Å²) in [6, 6.07) is 17.6. The van der Waals surface area contributed by atoms with Crippen LogP contribution in [0, 0.1) is 11.3 Å². The molecule has 0 bridgehead atoms. The van der Waals surface area contributed by atoms with Crippen molar-refractivity contribution in [1.82, 2.24) is 14.5 Å². The fourth-order valence-corrected chi connectivity index (χ4v) is 6.48. The largest absolute Gasteiger partial charge is 0.336 e. The quantitative estimate of drug-likeness (QED) is 0.291. The van der Waals surface area contributed by atoms with Gasteiger partial charge in [0.2, 0.25) is 5.91 Å². The molecular weight excluding hydrogens is 514 g/mol. The molecule has 0 saturated carbocycles. The minimum atomic E-state index is 0.0512. The number of hydrogen-bond donors (Lipinski definition) is 0. The van der Waals surface area contributed by atoms with Gasteiger partial charge in [0, 0.05) is 54.1 Å². The molecule has 1 saturated heterocycles. The summed E-state index contributed by atoms with van der Waals surface area (Å²) < 4.78 is 3.07. The van der Waals surface area contributed by atoms with Gasteiger partial charge in [-0.2, -0.15) is 17.0 Å². The van der Waals surface area contributed by atoms with E-state index >= 15 is 0 Å². The van der Waals surface area contributed by atoms with Crippen LogP contribution < -0.4 is 4.90 Å². The summed E-state index contributed by atoms with van der Waals surface area (Å²) in [5.74, 6) is 2.11. The molecule has 2 amide bonds. The number of carbonyl (C=O) groups excluding carboxylic acids is 2. The molecule has 0 radical (unpaired) electrons. The van der Waals surface area contributed by atoms with E-state index < -0.39 is 0 Å². The van der Waals surface area contributed by atoms with Crippen molar-refractivity contribution in [2.24, 2.45) is 0 Å². The number of hydrogen-bond acceptors (Lipinski definition) is 6. The smallest absolute Gasteiger partial charge is 0.264 e. The Morgan fingerprint density at radius 1 is 1.11 bits per heavy atom. The lowest BCUT2D eigenvalue weighted by Crippen LogP contribution is -2.37. The van der Waals surface area contributed by atoms with Crippen LogP contribution in [0.15, 0.2) is 61.1 Å². The molecule has 9 heteroatoms. The van der Waals surface area contributed by atoms with Crippen molar-refractivity contribution in [3.05, 3.63) is 82.8 Å². The van der Waals surface area contributed by atoms with Gasteiger partial charge >= 0.3 is 0 Å². The SMILES string of the molecule is CCCC(=O)N(Cc1cncn1Cc1ccc(C#N)cc1)c1ccc2sc(C(=O)N3CCSCC3)cc2c1. The summed E-state index contributed by atoms with van der Waals surface area (Å²) >= 11 is 3.40. The van der Waals surface area contributed by atoms with Gasteiger partial charge in [-0.1, -0.05) is 19.1 Å². The number of imidazole rings is 1. The predicted octanol–water partition coefficient (Wildman–Crippen LogP) is 5.54. The molecule has 0 N–H and O–H groups in total. The van der Waals surface area contributed by atoms with Gasteiger partial charge in [0.1, 0.15) is 0 Å². The first-order valence-electron chi connectivity index (χ1n) is 12.7. The molecule has 38 heavy (non-hydrogen) atoms. The van der Waals surface area contributed by atoms with Gasteiger partial charge in [0.25, 0.3) is 5.91 Å². The van der Waals surface area contributed by atoms with Crippen LogP contribution in [0.1, 0.15) is 46.3 Å². The van der Waals surface area contributed by atoms with Crippen molar-refractivity contribution < 1.29 is 9.59 Å². The van der Waals surface area contributed by atoms with Gasteiger partial charge in [-0.3, -0.25) is 9.59 Å². The van der Waals surface area contributed by atoms with Crippen LogP contribution in [-0.4, -0.2) is 50.9 Å². The number of rotatable bonds is 8. The fraction of sp³-hybridized carbons (Fsp3) is 0.310. The van der Waals surface area contributed by atoms with E-state index in [-0.39, 0.29) is 11.8 Å². The van der Waals surface area contributed by atoms with E-state index in [9.17, 15) is 9.59 Å². The monoisotopic (exact) mass is 543 g/mol. The van der Waals surface area contributed by atoms with E-state index in [1.54, 1.807) is 12.5 Å². The number of thioether (sulfide) groups is 1. The van der Waals surface area contributed by atoms with Gasteiger partial charge in [0.05, 0.1) is 35.1 Å². The normalized spacial score (nSPS) is 13.4. The first-order valence-corrected chi connectivity index (χ1v) is 14.7. The number of benzene rings is 2. The maximum Gasteiger partial charge on any atom is 0.264 e. The third-order valence-corrected chi connectivity index (χ3v) is 8.69. The molecule has 1 aliphatic rings. The van der Waals surface area contributed by atoms with Crippen LogP contribution in [0.3, 0.4) is 0 Å². The van der Waals surface area contributed by atoms with Gasteiger partial charge in [-0.15, -0.1) is 11.3 Å². The molecule has 194 valence electrons. The van der Waals surface area contributed by atoms with E-state index in [4.69, 9.17) is 5.26 Å². The number of amides is 2. The third kappa shape index (κ3) is 5.77. The summed E-state index contributed by atoms with van der Waals surface area (Å²) in [5, 5.41) is 10.0. The maximum absolute atomic E-state index is 13.3. The molecule has 2 aromatic carbocycles. The molecule has 5 rings (SSSR count). The molecule has 7 nitrogen and oxygen atoms in total. The Bertz CT molecular complexity index is 1480. The van der Waals surface area contributed by atoms with Crippen molar-refractivity contribution >= 4 is 50.7 Å². The molecule has 0 atom stereocenters. The van der Waals surface area contributed by atoms with Crippen molar-refractivity contribution in [3.63, 3.8) is 0 Å². The van der Waals surface area contributed by atoms with Gasteiger partial charge in [-0.05, 0) is 53.8 Å². The molecule has 0 unspecified atom stereocenters. The van der Waals surface area contributed by atoms with E-state index in [1.807, 2.05) is 81.6 Å². The second-order valence-electron chi connectivity index (χ2n) is 9.29. The molecule has 4 aromatic rings. The predicted molar refractivity (Wildman–Crippen MR) is 154 cm³/mol. The fourth-order valence-electron chi connectivity index (χ4n) is 4.56. The number of thiophene rings is 1. The minimum absolute atomic E-state index is 0.0512. The number of nitrogens with zero attached hydrogens (tertiary/aromatic N) is 5. The highest BCUT2D eigenvalue weighted by Crippen LogP contribution is 2.32. The van der Waals surface area contributed by atoms with Gasteiger partial charge < -0.3 is 14.4 Å². The zero-order valence-corrected chi connectivity index (χ0v) is 22.9. The zero-order chi connectivity index (χ0) is 26.5. The average molecular weight is 544 g/mol. The Balaban J connectivity index is 1.40. The Morgan fingerprint density at radius 2 is 1.89 bits per heavy atom. The van der Waals surface area contributed by atoms with E-state index in [1.165, 1.54) is 11.3 Å². The first kappa shape index (κ1) is 26.0.